The van der Waals surface area contributed by atoms with Crippen molar-refractivity contribution in [2.24, 2.45) is 0 Å². The maximum Gasteiger partial charge on any atom is 0.262 e. The zero-order valence-corrected chi connectivity index (χ0v) is 16.2. The van der Waals surface area contributed by atoms with E-state index in [2.05, 4.69) is 15.3 Å². The van der Waals surface area contributed by atoms with Crippen molar-refractivity contribution in [2.75, 3.05) is 57.3 Å². The topological polar surface area (TPSA) is 95.0 Å². The molecule has 150 valence electrons. The molecular formula is C19H24N4O5. The molecule has 0 radical (unpaired) electrons. The molecule has 3 rings (SSSR count). The molecule has 1 aromatic heterocycles. The van der Waals surface area contributed by atoms with E-state index in [1.807, 2.05) is 11.8 Å². The van der Waals surface area contributed by atoms with E-state index in [-0.39, 0.29) is 12.5 Å². The number of nitrogens with zero attached hydrogens (tertiary/aromatic N) is 3. The van der Waals surface area contributed by atoms with E-state index >= 15 is 0 Å². The predicted molar refractivity (Wildman–Crippen MR) is 103 cm³/mol. The van der Waals surface area contributed by atoms with Crippen molar-refractivity contribution in [3.05, 3.63) is 30.0 Å². The number of methoxy groups -OCH3 is 2. The average molecular weight is 388 g/mol. The van der Waals surface area contributed by atoms with Crippen LogP contribution in [0.25, 0.3) is 0 Å². The molecule has 2 aromatic rings. The minimum atomic E-state index is -0.326. The number of carbonyl (C=O) groups excluding carboxylic acids is 1. The molecule has 9 nitrogen and oxygen atoms in total. The van der Waals surface area contributed by atoms with Crippen LogP contribution in [0, 0.1) is 6.92 Å². The van der Waals surface area contributed by atoms with Crippen LogP contribution < -0.4 is 24.4 Å². The Kier molecular flexibility index (Phi) is 6.49. The number of ether oxygens (including phenoxy) is 4. The third-order valence-electron chi connectivity index (χ3n) is 4.15. The number of rotatable bonds is 7. The summed E-state index contributed by atoms with van der Waals surface area (Å²) in [6, 6.07) is 6.84. The van der Waals surface area contributed by atoms with Gasteiger partial charge in [-0.2, -0.15) is 4.98 Å². The van der Waals surface area contributed by atoms with E-state index in [1.54, 1.807) is 31.4 Å². The van der Waals surface area contributed by atoms with Gasteiger partial charge in [0.2, 0.25) is 11.8 Å². The molecule has 2 heterocycles. The van der Waals surface area contributed by atoms with Crippen LogP contribution in [0.5, 0.6) is 17.4 Å². The number of amides is 1. The summed E-state index contributed by atoms with van der Waals surface area (Å²) in [6.45, 7) is 4.40. The molecule has 0 bridgehead atoms. The van der Waals surface area contributed by atoms with Gasteiger partial charge in [0.05, 0.1) is 33.1 Å². The first-order valence-corrected chi connectivity index (χ1v) is 8.92. The number of hydrogen-bond acceptors (Lipinski definition) is 8. The highest BCUT2D eigenvalue weighted by molar-refractivity contribution is 5.93. The Bertz CT molecular complexity index is 824. The highest BCUT2D eigenvalue weighted by Gasteiger charge is 2.16. The van der Waals surface area contributed by atoms with Crippen LogP contribution >= 0.6 is 0 Å². The second-order valence-corrected chi connectivity index (χ2v) is 6.15. The lowest BCUT2D eigenvalue weighted by atomic mass is 10.2. The molecule has 0 atom stereocenters. The van der Waals surface area contributed by atoms with Gasteiger partial charge in [0.1, 0.15) is 11.5 Å². The third-order valence-corrected chi connectivity index (χ3v) is 4.15. The fourth-order valence-electron chi connectivity index (χ4n) is 2.73. The molecule has 0 aliphatic carbocycles. The van der Waals surface area contributed by atoms with Gasteiger partial charge in [-0.1, -0.05) is 0 Å². The SMILES string of the molecule is COc1ccc(NC(=O)COc2cc(C)nc(N3CCOCC3)n2)c(OC)c1. The average Bonchev–Trinajstić information content (AvgIpc) is 2.73. The maximum atomic E-state index is 12.3. The predicted octanol–water partition coefficient (Wildman–Crippen LogP) is 1.66. The lowest BCUT2D eigenvalue weighted by Gasteiger charge is -2.27. The number of carbonyl (C=O) groups is 1. The summed E-state index contributed by atoms with van der Waals surface area (Å²) in [5, 5.41) is 2.76. The number of hydrogen-bond donors (Lipinski definition) is 1. The number of benzene rings is 1. The van der Waals surface area contributed by atoms with Crippen molar-refractivity contribution in [2.45, 2.75) is 6.92 Å². The molecule has 1 aromatic carbocycles. The lowest BCUT2D eigenvalue weighted by Crippen LogP contribution is -2.37. The van der Waals surface area contributed by atoms with Crippen molar-refractivity contribution < 1.29 is 23.7 Å². The van der Waals surface area contributed by atoms with Gasteiger partial charge in [0.15, 0.2) is 6.61 Å². The summed E-state index contributed by atoms with van der Waals surface area (Å²) < 4.78 is 21.4. The van der Waals surface area contributed by atoms with Gasteiger partial charge in [-0.25, -0.2) is 4.98 Å². The van der Waals surface area contributed by atoms with Crippen molar-refractivity contribution in [1.82, 2.24) is 9.97 Å². The lowest BCUT2D eigenvalue weighted by molar-refractivity contribution is -0.118. The quantitative estimate of drug-likeness (QED) is 0.765. The first-order valence-electron chi connectivity index (χ1n) is 8.92. The molecule has 0 saturated carbocycles. The van der Waals surface area contributed by atoms with Gasteiger partial charge in [-0.05, 0) is 19.1 Å². The first kappa shape index (κ1) is 19.7. The Morgan fingerprint density at radius 1 is 1.18 bits per heavy atom. The largest absolute Gasteiger partial charge is 0.497 e. The van der Waals surface area contributed by atoms with Crippen LogP contribution in [0.1, 0.15) is 5.69 Å². The van der Waals surface area contributed by atoms with E-state index in [9.17, 15) is 4.79 Å². The highest BCUT2D eigenvalue weighted by atomic mass is 16.5. The molecule has 0 unspecified atom stereocenters. The van der Waals surface area contributed by atoms with Crippen molar-refractivity contribution in [1.29, 1.82) is 0 Å². The summed E-state index contributed by atoms with van der Waals surface area (Å²) >= 11 is 0. The Labute approximate surface area is 163 Å². The first-order chi connectivity index (χ1) is 13.6. The van der Waals surface area contributed by atoms with Gasteiger partial charge >= 0.3 is 0 Å². The molecule has 1 amide bonds. The smallest absolute Gasteiger partial charge is 0.262 e. The summed E-state index contributed by atoms with van der Waals surface area (Å²) in [7, 11) is 3.09. The highest BCUT2D eigenvalue weighted by Crippen LogP contribution is 2.29. The number of aromatic nitrogens is 2. The Hall–Kier alpha value is -3.07. The number of anilines is 2. The third kappa shape index (κ3) is 5.01. The number of morpholine rings is 1. The molecule has 28 heavy (non-hydrogen) atoms. The Morgan fingerprint density at radius 3 is 2.68 bits per heavy atom. The van der Waals surface area contributed by atoms with Gasteiger partial charge in [-0.3, -0.25) is 4.79 Å². The molecule has 1 aliphatic heterocycles. The minimum absolute atomic E-state index is 0.186. The van der Waals surface area contributed by atoms with E-state index in [4.69, 9.17) is 18.9 Å². The van der Waals surface area contributed by atoms with Gasteiger partial charge in [-0.15, -0.1) is 0 Å². The Balaban J connectivity index is 1.62. The zero-order chi connectivity index (χ0) is 19.9. The fourth-order valence-corrected chi connectivity index (χ4v) is 2.73. The zero-order valence-electron chi connectivity index (χ0n) is 16.2. The molecule has 1 N–H and O–H groups in total. The van der Waals surface area contributed by atoms with Crippen LogP contribution in [0.3, 0.4) is 0 Å². The number of nitrogens with one attached hydrogen (secondary N) is 1. The van der Waals surface area contributed by atoms with E-state index in [0.29, 0.717) is 42.2 Å². The summed E-state index contributed by atoms with van der Waals surface area (Å²) in [5.74, 6) is 1.74. The molecule has 0 spiro atoms. The molecule has 1 aliphatic rings. The van der Waals surface area contributed by atoms with E-state index < -0.39 is 0 Å². The van der Waals surface area contributed by atoms with Crippen LogP contribution in [0.15, 0.2) is 24.3 Å². The van der Waals surface area contributed by atoms with Crippen molar-refractivity contribution >= 4 is 17.5 Å². The molecular weight excluding hydrogens is 364 g/mol. The molecule has 1 fully saturated rings. The minimum Gasteiger partial charge on any atom is -0.497 e. The van der Waals surface area contributed by atoms with E-state index in [1.165, 1.54) is 7.11 Å². The number of aryl methyl sites for hydroxylation is 1. The second-order valence-electron chi connectivity index (χ2n) is 6.15. The Morgan fingerprint density at radius 2 is 1.96 bits per heavy atom. The maximum absolute atomic E-state index is 12.3. The van der Waals surface area contributed by atoms with Crippen LogP contribution in [0.4, 0.5) is 11.6 Å². The van der Waals surface area contributed by atoms with E-state index in [0.717, 1.165) is 18.8 Å². The van der Waals surface area contributed by atoms with Gasteiger partial charge in [0, 0.05) is 30.9 Å². The normalized spacial score (nSPS) is 13.8. The van der Waals surface area contributed by atoms with Crippen molar-refractivity contribution in [3.8, 4) is 17.4 Å². The van der Waals surface area contributed by atoms with Gasteiger partial charge in [0.25, 0.3) is 5.91 Å². The fraction of sp³-hybridized carbons (Fsp3) is 0.421. The van der Waals surface area contributed by atoms with Crippen molar-refractivity contribution in [3.63, 3.8) is 0 Å². The molecule has 9 heteroatoms. The standard InChI is InChI=1S/C19H24N4O5/c1-13-10-18(22-19(20-13)23-6-8-27-9-7-23)28-12-17(24)21-15-5-4-14(25-2)11-16(15)26-3/h4-5,10-11H,6-9,12H2,1-3H3,(H,21,24). The van der Waals surface area contributed by atoms with Crippen LogP contribution in [0.2, 0.25) is 0 Å². The van der Waals surface area contributed by atoms with Gasteiger partial charge < -0.3 is 29.2 Å². The summed E-state index contributed by atoms with van der Waals surface area (Å²) in [6.07, 6.45) is 0. The summed E-state index contributed by atoms with van der Waals surface area (Å²) in [5.41, 5.74) is 1.30. The second kappa shape index (κ2) is 9.23. The monoisotopic (exact) mass is 388 g/mol. The molecule has 1 saturated heterocycles. The summed E-state index contributed by atoms with van der Waals surface area (Å²) in [4.78, 5) is 23.2. The van der Waals surface area contributed by atoms with Crippen LogP contribution in [-0.4, -0.2) is 63.0 Å². The van der Waals surface area contributed by atoms with Crippen LogP contribution in [-0.2, 0) is 9.53 Å².